The summed E-state index contributed by atoms with van der Waals surface area (Å²) in [5.74, 6) is 0.429. The fourth-order valence-corrected chi connectivity index (χ4v) is 2.07. The lowest BCUT2D eigenvalue weighted by molar-refractivity contribution is 0.372. The molecule has 0 aromatic heterocycles. The van der Waals surface area contributed by atoms with Crippen LogP contribution in [0.4, 0.5) is 0 Å². The van der Waals surface area contributed by atoms with Gasteiger partial charge in [0.1, 0.15) is 0 Å². The van der Waals surface area contributed by atoms with Crippen molar-refractivity contribution in [2.24, 2.45) is 0 Å². The molecule has 3 nitrogen and oxygen atoms in total. The van der Waals surface area contributed by atoms with Crippen LogP contribution in [-0.4, -0.2) is 12.2 Å². The number of nitrogens with zero attached hydrogens (tertiary/aromatic N) is 1. The summed E-state index contributed by atoms with van der Waals surface area (Å²) >= 11 is 3.32. The molecule has 80 valence electrons. The fourth-order valence-electron chi connectivity index (χ4n) is 1.25. The van der Waals surface area contributed by atoms with Gasteiger partial charge in [0.05, 0.1) is 18.6 Å². The number of rotatable bonds is 2. The second-order valence-corrected chi connectivity index (χ2v) is 4.60. The maximum atomic E-state index is 9.52. The summed E-state index contributed by atoms with van der Waals surface area (Å²) in [4.78, 5) is 0. The summed E-state index contributed by atoms with van der Waals surface area (Å²) in [6, 6.07) is 5.41. The second-order valence-electron chi connectivity index (χ2n) is 3.74. The Kier molecular flexibility index (Phi) is 3.25. The Morgan fingerprint density at radius 2 is 2.07 bits per heavy atom. The van der Waals surface area contributed by atoms with E-state index in [2.05, 4.69) is 22.0 Å². The molecule has 0 spiro atoms. The predicted molar refractivity (Wildman–Crippen MR) is 61.0 cm³/mol. The molecule has 0 radical (unpaired) electrons. The number of aromatic hydroxyl groups is 1. The van der Waals surface area contributed by atoms with Gasteiger partial charge in [0.15, 0.2) is 11.5 Å². The van der Waals surface area contributed by atoms with Gasteiger partial charge in [-0.15, -0.1) is 0 Å². The summed E-state index contributed by atoms with van der Waals surface area (Å²) < 4.78 is 5.70. The van der Waals surface area contributed by atoms with E-state index in [4.69, 9.17) is 10.00 Å². The van der Waals surface area contributed by atoms with E-state index >= 15 is 0 Å². The Balaban J connectivity index is 3.38. The van der Waals surface area contributed by atoms with E-state index in [0.717, 1.165) is 5.56 Å². The number of nitriles is 1. The highest BCUT2D eigenvalue weighted by Gasteiger charge is 2.24. The molecule has 1 aromatic rings. The third-order valence-electron chi connectivity index (χ3n) is 2.22. The summed E-state index contributed by atoms with van der Waals surface area (Å²) in [7, 11) is 1.48. The van der Waals surface area contributed by atoms with Crippen LogP contribution in [0.25, 0.3) is 0 Å². The molecular formula is C11H12BrNO2. The monoisotopic (exact) mass is 269 g/mol. The normalized spacial score (nSPS) is 10.9. The second kappa shape index (κ2) is 4.11. The van der Waals surface area contributed by atoms with Crippen LogP contribution in [0, 0.1) is 11.3 Å². The summed E-state index contributed by atoms with van der Waals surface area (Å²) in [6.45, 7) is 3.62. The van der Waals surface area contributed by atoms with E-state index < -0.39 is 5.41 Å². The molecule has 1 rings (SSSR count). The molecule has 0 atom stereocenters. The van der Waals surface area contributed by atoms with Crippen molar-refractivity contribution in [1.29, 1.82) is 5.26 Å². The zero-order valence-corrected chi connectivity index (χ0v) is 10.4. The number of phenols is 1. The van der Waals surface area contributed by atoms with Crippen LogP contribution < -0.4 is 4.74 Å². The van der Waals surface area contributed by atoms with E-state index in [1.807, 2.05) is 13.8 Å². The standard InChI is InChI=1S/C11H12BrNO2/c1-11(2,6-13)7-4-10(15-3)9(14)5-8(7)12/h4-5,14H,1-3H3. The molecule has 0 aliphatic carbocycles. The van der Waals surface area contributed by atoms with Crippen molar-refractivity contribution >= 4 is 15.9 Å². The van der Waals surface area contributed by atoms with Crippen LogP contribution in [0.2, 0.25) is 0 Å². The average Bonchev–Trinajstić information content (AvgIpc) is 2.17. The fraction of sp³-hybridized carbons (Fsp3) is 0.364. The van der Waals surface area contributed by atoms with E-state index in [9.17, 15) is 5.11 Å². The number of benzene rings is 1. The van der Waals surface area contributed by atoms with E-state index in [-0.39, 0.29) is 5.75 Å². The van der Waals surface area contributed by atoms with Crippen LogP contribution in [0.5, 0.6) is 11.5 Å². The van der Waals surface area contributed by atoms with Gasteiger partial charge >= 0.3 is 0 Å². The van der Waals surface area contributed by atoms with Gasteiger partial charge in [-0.05, 0) is 31.5 Å². The minimum atomic E-state index is -0.625. The third kappa shape index (κ3) is 2.24. The lowest BCUT2D eigenvalue weighted by Gasteiger charge is -2.19. The number of ether oxygens (including phenoxy) is 1. The molecule has 1 N–H and O–H groups in total. The zero-order valence-electron chi connectivity index (χ0n) is 8.84. The quantitative estimate of drug-likeness (QED) is 0.898. The third-order valence-corrected chi connectivity index (χ3v) is 2.88. The van der Waals surface area contributed by atoms with Crippen LogP contribution >= 0.6 is 15.9 Å². The number of phenolic OH excluding ortho intramolecular Hbond substituents is 1. The van der Waals surface area contributed by atoms with Gasteiger partial charge in [0, 0.05) is 4.47 Å². The van der Waals surface area contributed by atoms with Gasteiger partial charge in [-0.1, -0.05) is 15.9 Å². The van der Waals surface area contributed by atoms with Crippen LogP contribution in [0.15, 0.2) is 16.6 Å². The molecule has 15 heavy (non-hydrogen) atoms. The van der Waals surface area contributed by atoms with Crippen molar-refractivity contribution in [3.05, 3.63) is 22.2 Å². The van der Waals surface area contributed by atoms with E-state index in [1.54, 1.807) is 6.07 Å². The SMILES string of the molecule is COc1cc(C(C)(C)C#N)c(Br)cc1O. The van der Waals surface area contributed by atoms with Crippen LogP contribution in [-0.2, 0) is 5.41 Å². The lowest BCUT2D eigenvalue weighted by atomic mass is 9.86. The predicted octanol–water partition coefficient (Wildman–Crippen LogP) is 2.96. The summed E-state index contributed by atoms with van der Waals surface area (Å²) in [5, 5.41) is 18.5. The lowest BCUT2D eigenvalue weighted by Crippen LogP contribution is -2.14. The molecule has 0 bridgehead atoms. The maximum Gasteiger partial charge on any atom is 0.160 e. The average molecular weight is 270 g/mol. The number of halogens is 1. The maximum absolute atomic E-state index is 9.52. The minimum absolute atomic E-state index is 0.0573. The molecule has 0 fully saturated rings. The molecule has 0 saturated heterocycles. The van der Waals surface area contributed by atoms with Crippen molar-refractivity contribution in [1.82, 2.24) is 0 Å². The van der Waals surface area contributed by atoms with Crippen LogP contribution in [0.3, 0.4) is 0 Å². The van der Waals surface area contributed by atoms with Crippen molar-refractivity contribution < 1.29 is 9.84 Å². The molecular weight excluding hydrogens is 258 g/mol. The topological polar surface area (TPSA) is 53.2 Å². The molecule has 0 amide bonds. The van der Waals surface area contributed by atoms with Gasteiger partial charge in [-0.2, -0.15) is 5.26 Å². The molecule has 0 heterocycles. The smallest absolute Gasteiger partial charge is 0.160 e. The van der Waals surface area contributed by atoms with Crippen LogP contribution in [0.1, 0.15) is 19.4 Å². The first-order valence-corrected chi connectivity index (χ1v) is 5.20. The molecule has 0 aliphatic rings. The first-order chi connectivity index (χ1) is 6.92. The highest BCUT2D eigenvalue weighted by Crippen LogP contribution is 2.37. The number of hydrogen-bond acceptors (Lipinski definition) is 3. The van der Waals surface area contributed by atoms with Gasteiger partial charge in [0.25, 0.3) is 0 Å². The van der Waals surface area contributed by atoms with E-state index in [1.165, 1.54) is 13.2 Å². The Morgan fingerprint density at radius 1 is 1.47 bits per heavy atom. The van der Waals surface area contributed by atoms with Gasteiger partial charge in [-0.3, -0.25) is 0 Å². The molecule has 0 unspecified atom stereocenters. The van der Waals surface area contributed by atoms with Crippen molar-refractivity contribution in [2.45, 2.75) is 19.3 Å². The summed E-state index contributed by atoms with van der Waals surface area (Å²) in [5.41, 5.74) is 0.166. The number of methoxy groups -OCH3 is 1. The molecule has 1 aromatic carbocycles. The van der Waals surface area contributed by atoms with Crippen molar-refractivity contribution in [3.63, 3.8) is 0 Å². The Bertz CT molecular complexity index is 421. The first kappa shape index (κ1) is 11.9. The molecule has 4 heteroatoms. The largest absolute Gasteiger partial charge is 0.504 e. The molecule has 0 aliphatic heterocycles. The Morgan fingerprint density at radius 3 is 2.53 bits per heavy atom. The zero-order chi connectivity index (χ0) is 11.6. The number of hydrogen-bond donors (Lipinski definition) is 1. The Labute approximate surface area is 97.4 Å². The highest BCUT2D eigenvalue weighted by atomic mass is 79.9. The van der Waals surface area contributed by atoms with Crippen molar-refractivity contribution in [3.8, 4) is 17.6 Å². The molecule has 0 saturated carbocycles. The minimum Gasteiger partial charge on any atom is -0.504 e. The Hall–Kier alpha value is -1.21. The van der Waals surface area contributed by atoms with Gasteiger partial charge in [-0.25, -0.2) is 0 Å². The summed E-state index contributed by atoms with van der Waals surface area (Å²) in [6.07, 6.45) is 0. The van der Waals surface area contributed by atoms with E-state index in [0.29, 0.717) is 10.2 Å². The highest BCUT2D eigenvalue weighted by molar-refractivity contribution is 9.10. The first-order valence-electron chi connectivity index (χ1n) is 4.40. The van der Waals surface area contributed by atoms with Crippen molar-refractivity contribution in [2.75, 3.05) is 7.11 Å². The van der Waals surface area contributed by atoms with Gasteiger partial charge < -0.3 is 9.84 Å². The van der Waals surface area contributed by atoms with Gasteiger partial charge in [0.2, 0.25) is 0 Å².